The van der Waals surface area contributed by atoms with Gasteiger partial charge in [-0.2, -0.15) is 13.2 Å². The van der Waals surface area contributed by atoms with Crippen molar-refractivity contribution >= 4 is 5.97 Å². The van der Waals surface area contributed by atoms with Gasteiger partial charge in [0.25, 0.3) is 0 Å². The number of ether oxygens (including phenoxy) is 2. The molecule has 1 aromatic heterocycles. The topological polar surface area (TPSA) is 48.4 Å². The molecule has 0 saturated heterocycles. The van der Waals surface area contributed by atoms with Crippen molar-refractivity contribution in [1.29, 1.82) is 0 Å². The molecule has 0 bridgehead atoms. The number of nitrogens with zero attached hydrogens (tertiary/aromatic N) is 1. The van der Waals surface area contributed by atoms with Crippen LogP contribution in [0.5, 0.6) is 11.5 Å². The van der Waals surface area contributed by atoms with Crippen molar-refractivity contribution in [1.82, 2.24) is 4.98 Å². The van der Waals surface area contributed by atoms with Crippen LogP contribution in [0.4, 0.5) is 13.2 Å². The van der Waals surface area contributed by atoms with Crippen LogP contribution in [-0.4, -0.2) is 11.0 Å². The lowest BCUT2D eigenvalue weighted by molar-refractivity contribution is -0.137. The van der Waals surface area contributed by atoms with Gasteiger partial charge in [-0.05, 0) is 67.3 Å². The van der Waals surface area contributed by atoms with Crippen LogP contribution in [0.1, 0.15) is 50.1 Å². The largest absolute Gasteiger partial charge is 0.484 e. The summed E-state index contributed by atoms with van der Waals surface area (Å²) in [6.07, 6.45) is -4.06. The van der Waals surface area contributed by atoms with Crippen molar-refractivity contribution in [3.8, 4) is 22.8 Å². The second-order valence-corrected chi connectivity index (χ2v) is 8.28. The third kappa shape index (κ3) is 6.57. The number of pyridine rings is 1. The van der Waals surface area contributed by atoms with Gasteiger partial charge in [-0.1, -0.05) is 32.0 Å². The highest BCUT2D eigenvalue weighted by Gasteiger charge is 2.30. The predicted octanol–water partition coefficient (Wildman–Crippen LogP) is 7.17. The molecule has 0 spiro atoms. The van der Waals surface area contributed by atoms with Crippen molar-refractivity contribution in [2.24, 2.45) is 5.92 Å². The number of aryl methyl sites for hydroxylation is 1. The summed E-state index contributed by atoms with van der Waals surface area (Å²) in [4.78, 5) is 15.9. The summed E-state index contributed by atoms with van der Waals surface area (Å²) in [7, 11) is 0. The molecule has 33 heavy (non-hydrogen) atoms. The summed E-state index contributed by atoms with van der Waals surface area (Å²) >= 11 is 0. The van der Waals surface area contributed by atoms with Gasteiger partial charge in [0.2, 0.25) is 0 Å². The van der Waals surface area contributed by atoms with E-state index in [9.17, 15) is 18.0 Å². The van der Waals surface area contributed by atoms with Gasteiger partial charge in [-0.3, -0.25) is 4.79 Å². The number of hydrogen-bond donors (Lipinski definition) is 0. The highest BCUT2D eigenvalue weighted by atomic mass is 19.4. The SMILES string of the molecule is CC(=O)Oc1ccc(OC(CC(C)C)c2cccc(-c3ccc(C(F)(F)F)cc3)n2)cc1C. The Bertz CT molecular complexity index is 1110. The Morgan fingerprint density at radius 2 is 1.73 bits per heavy atom. The van der Waals surface area contributed by atoms with Gasteiger partial charge in [0.15, 0.2) is 0 Å². The van der Waals surface area contributed by atoms with Crippen molar-refractivity contribution < 1.29 is 27.4 Å². The van der Waals surface area contributed by atoms with Gasteiger partial charge in [0, 0.05) is 12.5 Å². The molecule has 3 rings (SSSR count). The standard InChI is InChI=1S/C26H26F3NO3/c1-16(2)14-25(33-21-12-13-24(17(3)15-21)32-18(4)31)23-7-5-6-22(30-23)19-8-10-20(11-9-19)26(27,28)29/h5-13,15-16,25H,14H2,1-4H3. The number of hydrogen-bond acceptors (Lipinski definition) is 4. The molecule has 0 aliphatic rings. The fourth-order valence-electron chi connectivity index (χ4n) is 3.41. The number of benzene rings is 2. The maximum absolute atomic E-state index is 12.9. The van der Waals surface area contributed by atoms with Crippen LogP contribution in [0, 0.1) is 12.8 Å². The summed E-state index contributed by atoms with van der Waals surface area (Å²) in [6, 6.07) is 15.6. The minimum absolute atomic E-state index is 0.313. The quantitative estimate of drug-likeness (QED) is 0.279. The smallest absolute Gasteiger partial charge is 0.416 e. The van der Waals surface area contributed by atoms with E-state index in [-0.39, 0.29) is 6.10 Å². The Labute approximate surface area is 191 Å². The van der Waals surface area contributed by atoms with E-state index < -0.39 is 17.7 Å². The van der Waals surface area contributed by atoms with Crippen molar-refractivity contribution in [2.75, 3.05) is 0 Å². The third-order valence-electron chi connectivity index (χ3n) is 4.97. The van der Waals surface area contributed by atoms with Gasteiger partial charge in [-0.25, -0.2) is 4.98 Å². The van der Waals surface area contributed by atoms with Gasteiger partial charge >= 0.3 is 12.1 Å². The van der Waals surface area contributed by atoms with E-state index >= 15 is 0 Å². The van der Waals surface area contributed by atoms with E-state index in [4.69, 9.17) is 9.47 Å². The monoisotopic (exact) mass is 457 g/mol. The second kappa shape index (κ2) is 10.1. The van der Waals surface area contributed by atoms with Crippen LogP contribution in [-0.2, 0) is 11.0 Å². The zero-order chi connectivity index (χ0) is 24.2. The molecule has 2 aromatic carbocycles. The Morgan fingerprint density at radius 1 is 1.03 bits per heavy atom. The maximum atomic E-state index is 12.9. The lowest BCUT2D eigenvalue weighted by Crippen LogP contribution is -2.13. The number of esters is 1. The lowest BCUT2D eigenvalue weighted by Gasteiger charge is -2.22. The Kier molecular flexibility index (Phi) is 7.41. The molecule has 4 nitrogen and oxygen atoms in total. The van der Waals surface area contributed by atoms with Crippen LogP contribution >= 0.6 is 0 Å². The fourth-order valence-corrected chi connectivity index (χ4v) is 3.41. The highest BCUT2D eigenvalue weighted by Crippen LogP contribution is 2.33. The Hall–Kier alpha value is -3.35. The Balaban J connectivity index is 1.87. The van der Waals surface area contributed by atoms with Gasteiger partial charge in [0.05, 0.1) is 17.0 Å². The summed E-state index contributed by atoms with van der Waals surface area (Å²) in [5, 5.41) is 0. The van der Waals surface area contributed by atoms with Crippen LogP contribution in [0.25, 0.3) is 11.3 Å². The molecule has 0 radical (unpaired) electrons. The molecule has 0 fully saturated rings. The zero-order valence-corrected chi connectivity index (χ0v) is 18.9. The molecule has 0 aliphatic carbocycles. The zero-order valence-electron chi connectivity index (χ0n) is 18.9. The first-order chi connectivity index (χ1) is 15.5. The van der Waals surface area contributed by atoms with E-state index in [1.165, 1.54) is 19.1 Å². The minimum Gasteiger partial charge on any atom is -0.484 e. The normalized spacial score (nSPS) is 12.5. The number of rotatable bonds is 7. The predicted molar refractivity (Wildman–Crippen MR) is 120 cm³/mol. The summed E-state index contributed by atoms with van der Waals surface area (Å²) in [5.41, 5.74) is 1.91. The van der Waals surface area contributed by atoms with Crippen LogP contribution in [0.15, 0.2) is 60.7 Å². The van der Waals surface area contributed by atoms with E-state index in [0.717, 1.165) is 17.7 Å². The first-order valence-electron chi connectivity index (χ1n) is 10.6. The van der Waals surface area contributed by atoms with E-state index in [0.29, 0.717) is 40.8 Å². The average molecular weight is 457 g/mol. The highest BCUT2D eigenvalue weighted by molar-refractivity contribution is 5.70. The number of carbonyl (C=O) groups excluding carboxylic acids is 1. The molecule has 0 amide bonds. The van der Waals surface area contributed by atoms with Gasteiger partial charge < -0.3 is 9.47 Å². The number of halogens is 3. The number of alkyl halides is 3. The lowest BCUT2D eigenvalue weighted by atomic mass is 10.0. The fraction of sp³-hybridized carbons (Fsp3) is 0.308. The van der Waals surface area contributed by atoms with Crippen LogP contribution in [0.2, 0.25) is 0 Å². The van der Waals surface area contributed by atoms with Crippen molar-refractivity contribution in [2.45, 2.75) is 46.4 Å². The average Bonchev–Trinajstić information content (AvgIpc) is 2.74. The first-order valence-corrected chi connectivity index (χ1v) is 10.6. The first kappa shape index (κ1) is 24.3. The molecule has 1 heterocycles. The third-order valence-corrected chi connectivity index (χ3v) is 4.97. The van der Waals surface area contributed by atoms with Crippen molar-refractivity contribution in [3.05, 3.63) is 77.5 Å². The number of carbonyl (C=O) groups is 1. The maximum Gasteiger partial charge on any atom is 0.416 e. The molecular weight excluding hydrogens is 431 g/mol. The molecule has 1 unspecified atom stereocenters. The number of aromatic nitrogens is 1. The van der Waals surface area contributed by atoms with Crippen LogP contribution < -0.4 is 9.47 Å². The molecule has 7 heteroatoms. The molecule has 0 aliphatic heterocycles. The van der Waals surface area contributed by atoms with E-state index in [1.54, 1.807) is 24.3 Å². The molecule has 174 valence electrons. The van der Waals surface area contributed by atoms with Crippen molar-refractivity contribution in [3.63, 3.8) is 0 Å². The summed E-state index contributed by atoms with van der Waals surface area (Å²) in [6.45, 7) is 7.32. The Morgan fingerprint density at radius 3 is 2.30 bits per heavy atom. The molecule has 0 saturated carbocycles. The minimum atomic E-state index is -4.38. The summed E-state index contributed by atoms with van der Waals surface area (Å²) < 4.78 is 50.1. The van der Waals surface area contributed by atoms with Gasteiger partial charge in [-0.15, -0.1) is 0 Å². The van der Waals surface area contributed by atoms with E-state index in [1.807, 2.05) is 19.1 Å². The second-order valence-electron chi connectivity index (χ2n) is 8.28. The van der Waals surface area contributed by atoms with E-state index in [2.05, 4.69) is 18.8 Å². The van der Waals surface area contributed by atoms with Gasteiger partial charge in [0.1, 0.15) is 17.6 Å². The summed E-state index contributed by atoms with van der Waals surface area (Å²) in [5.74, 6) is 0.996. The molecule has 1 atom stereocenters. The molecule has 3 aromatic rings. The van der Waals surface area contributed by atoms with Crippen LogP contribution in [0.3, 0.4) is 0 Å². The molecular formula is C26H26F3NO3. The molecule has 0 N–H and O–H groups in total.